The van der Waals surface area contributed by atoms with Crippen LogP contribution in [-0.2, 0) is 4.79 Å². The summed E-state index contributed by atoms with van der Waals surface area (Å²) in [5.41, 5.74) is 6.34. The molecule has 0 aromatic carbocycles. The van der Waals surface area contributed by atoms with Crippen molar-refractivity contribution in [2.24, 2.45) is 11.1 Å². The Hall–Kier alpha value is -1.55. The predicted octanol–water partition coefficient (Wildman–Crippen LogP) is 1.88. The summed E-state index contributed by atoms with van der Waals surface area (Å²) in [4.78, 5) is 10.9. The van der Waals surface area contributed by atoms with Gasteiger partial charge in [0.05, 0.1) is 6.26 Å². The summed E-state index contributed by atoms with van der Waals surface area (Å²) in [6, 6.07) is 2.82. The Bertz CT molecular complexity index is 415. The van der Waals surface area contributed by atoms with Crippen molar-refractivity contribution in [1.29, 1.82) is 0 Å². The number of hydrogen-bond acceptors (Lipinski definition) is 3. The van der Waals surface area contributed by atoms with Gasteiger partial charge in [0.15, 0.2) is 0 Å². The minimum absolute atomic E-state index is 0.362. The normalized spacial score (nSPS) is 20.5. The Morgan fingerprint density at radius 2 is 2.38 bits per heavy atom. The van der Waals surface area contributed by atoms with E-state index in [4.69, 9.17) is 15.3 Å². The van der Waals surface area contributed by atoms with Crippen LogP contribution in [0.3, 0.4) is 0 Å². The van der Waals surface area contributed by atoms with Crippen LogP contribution in [0.5, 0.6) is 0 Å². The summed E-state index contributed by atoms with van der Waals surface area (Å²) in [6.45, 7) is 1.92. The molecule has 0 saturated heterocycles. The molecule has 1 unspecified atom stereocenters. The van der Waals surface area contributed by atoms with Crippen LogP contribution in [-0.4, -0.2) is 17.1 Å². The molecule has 2 rings (SSSR count). The number of carboxylic acid groups (broad SMARTS) is 1. The maximum Gasteiger partial charge on any atom is 0.321 e. The minimum Gasteiger partial charge on any atom is -0.480 e. The summed E-state index contributed by atoms with van der Waals surface area (Å²) in [5.74, 6) is -0.203. The van der Waals surface area contributed by atoms with Gasteiger partial charge in [0.2, 0.25) is 0 Å². The second-order valence-corrected chi connectivity index (χ2v) is 4.31. The molecular weight excluding hydrogens is 206 g/mol. The van der Waals surface area contributed by atoms with Crippen molar-refractivity contribution in [3.63, 3.8) is 0 Å². The first-order chi connectivity index (χ1) is 7.56. The summed E-state index contributed by atoms with van der Waals surface area (Å²) in [7, 11) is 0. The molecule has 0 spiro atoms. The fourth-order valence-electron chi connectivity index (χ4n) is 2.05. The van der Waals surface area contributed by atoms with Gasteiger partial charge >= 0.3 is 5.97 Å². The molecule has 1 heterocycles. The Morgan fingerprint density at radius 3 is 2.81 bits per heavy atom. The zero-order valence-electron chi connectivity index (χ0n) is 9.14. The van der Waals surface area contributed by atoms with Gasteiger partial charge in [-0.3, -0.25) is 4.79 Å². The molecule has 0 amide bonds. The zero-order valence-corrected chi connectivity index (χ0v) is 9.14. The highest BCUT2D eigenvalue weighted by molar-refractivity contribution is 5.76. The molecule has 1 aliphatic rings. The van der Waals surface area contributed by atoms with Crippen LogP contribution in [0, 0.1) is 5.41 Å². The van der Waals surface area contributed by atoms with Gasteiger partial charge in [-0.2, -0.15) is 0 Å². The third kappa shape index (κ3) is 1.76. The van der Waals surface area contributed by atoms with E-state index >= 15 is 0 Å². The molecule has 1 aliphatic carbocycles. The average Bonchev–Trinajstić information content (AvgIpc) is 2.91. The highest BCUT2D eigenvalue weighted by Crippen LogP contribution is 2.54. The van der Waals surface area contributed by atoms with Crippen molar-refractivity contribution in [3.05, 3.63) is 29.7 Å². The topological polar surface area (TPSA) is 76.5 Å². The van der Waals surface area contributed by atoms with Crippen molar-refractivity contribution in [3.8, 4) is 0 Å². The molecule has 1 fully saturated rings. The second kappa shape index (κ2) is 3.79. The van der Waals surface area contributed by atoms with E-state index < -0.39 is 12.0 Å². The number of hydrogen-bond donors (Lipinski definition) is 2. The summed E-state index contributed by atoms with van der Waals surface area (Å²) in [5, 5.41) is 8.96. The lowest BCUT2D eigenvalue weighted by atomic mass is 9.88. The molecule has 0 bridgehead atoms. The first-order valence-corrected chi connectivity index (χ1v) is 5.27. The number of rotatable bonds is 4. The third-order valence-electron chi connectivity index (χ3n) is 3.34. The average molecular weight is 221 g/mol. The van der Waals surface area contributed by atoms with Gasteiger partial charge in [0, 0.05) is 5.41 Å². The quantitative estimate of drug-likeness (QED) is 0.813. The van der Waals surface area contributed by atoms with E-state index in [1.165, 1.54) is 0 Å². The highest BCUT2D eigenvalue weighted by Gasteiger charge is 2.52. The fourth-order valence-corrected chi connectivity index (χ4v) is 2.05. The highest BCUT2D eigenvalue weighted by atomic mass is 16.4. The molecular formula is C12H15NO3. The van der Waals surface area contributed by atoms with E-state index in [0.717, 1.165) is 24.2 Å². The number of carbonyl (C=O) groups is 1. The van der Waals surface area contributed by atoms with Crippen LogP contribution >= 0.6 is 0 Å². The van der Waals surface area contributed by atoms with Gasteiger partial charge < -0.3 is 15.3 Å². The van der Waals surface area contributed by atoms with E-state index in [0.29, 0.717) is 0 Å². The lowest BCUT2D eigenvalue weighted by Crippen LogP contribution is -2.40. The van der Waals surface area contributed by atoms with Crippen LogP contribution < -0.4 is 5.73 Å². The molecule has 86 valence electrons. The first kappa shape index (κ1) is 11.0. The fraction of sp³-hybridized carbons (Fsp3) is 0.417. The van der Waals surface area contributed by atoms with Crippen molar-refractivity contribution in [2.75, 3.05) is 0 Å². The number of aliphatic carboxylic acids is 1. The Morgan fingerprint density at radius 1 is 1.69 bits per heavy atom. The zero-order chi connectivity index (χ0) is 11.8. The molecule has 4 nitrogen and oxygen atoms in total. The SMILES string of the molecule is C/C(=C\c1ccco1)C1(C(N)C(=O)O)CC1. The van der Waals surface area contributed by atoms with Gasteiger partial charge in [-0.25, -0.2) is 0 Å². The van der Waals surface area contributed by atoms with Crippen LogP contribution in [0.1, 0.15) is 25.5 Å². The molecule has 0 radical (unpaired) electrons. The van der Waals surface area contributed by atoms with Gasteiger partial charge in [0.25, 0.3) is 0 Å². The molecule has 1 saturated carbocycles. The molecule has 4 heteroatoms. The number of carboxylic acids is 1. The van der Waals surface area contributed by atoms with Gasteiger partial charge in [-0.05, 0) is 38.0 Å². The molecule has 1 atom stereocenters. The van der Waals surface area contributed by atoms with E-state index in [1.54, 1.807) is 12.3 Å². The standard InChI is InChI=1S/C12H15NO3/c1-8(7-9-3-2-6-16-9)12(4-5-12)10(13)11(14)15/h2-3,6-7,10H,4-5,13H2,1H3,(H,14,15)/b8-7+. The first-order valence-electron chi connectivity index (χ1n) is 5.27. The van der Waals surface area contributed by atoms with E-state index in [9.17, 15) is 4.79 Å². The maximum atomic E-state index is 10.9. The Balaban J connectivity index is 2.22. The van der Waals surface area contributed by atoms with Gasteiger partial charge in [0.1, 0.15) is 11.8 Å². The molecule has 1 aromatic heterocycles. The summed E-state index contributed by atoms with van der Waals surface area (Å²) >= 11 is 0. The minimum atomic E-state index is -0.940. The largest absolute Gasteiger partial charge is 0.480 e. The van der Waals surface area contributed by atoms with Crippen molar-refractivity contribution in [2.45, 2.75) is 25.8 Å². The van der Waals surface area contributed by atoms with E-state index in [2.05, 4.69) is 0 Å². The van der Waals surface area contributed by atoms with Gasteiger partial charge in [-0.15, -0.1) is 0 Å². The van der Waals surface area contributed by atoms with Crippen LogP contribution in [0.25, 0.3) is 6.08 Å². The number of nitrogens with two attached hydrogens (primary N) is 1. The lowest BCUT2D eigenvalue weighted by Gasteiger charge is -2.20. The van der Waals surface area contributed by atoms with Gasteiger partial charge in [-0.1, -0.05) is 5.57 Å². The monoisotopic (exact) mass is 221 g/mol. The number of furan rings is 1. The van der Waals surface area contributed by atoms with E-state index in [1.807, 2.05) is 19.1 Å². The molecule has 0 aliphatic heterocycles. The maximum absolute atomic E-state index is 10.9. The molecule has 16 heavy (non-hydrogen) atoms. The lowest BCUT2D eigenvalue weighted by molar-refractivity contribution is -0.139. The Labute approximate surface area is 93.7 Å². The van der Waals surface area contributed by atoms with Crippen LogP contribution in [0.2, 0.25) is 0 Å². The molecule has 3 N–H and O–H groups in total. The second-order valence-electron chi connectivity index (χ2n) is 4.31. The molecule has 1 aromatic rings. The smallest absolute Gasteiger partial charge is 0.321 e. The van der Waals surface area contributed by atoms with Crippen LogP contribution in [0.4, 0.5) is 0 Å². The summed E-state index contributed by atoms with van der Waals surface area (Å²) < 4.78 is 5.20. The van der Waals surface area contributed by atoms with Crippen molar-refractivity contribution in [1.82, 2.24) is 0 Å². The third-order valence-corrected chi connectivity index (χ3v) is 3.34. The van der Waals surface area contributed by atoms with E-state index in [-0.39, 0.29) is 5.41 Å². The predicted molar refractivity (Wildman–Crippen MR) is 59.6 cm³/mol. The van der Waals surface area contributed by atoms with Crippen molar-refractivity contribution < 1.29 is 14.3 Å². The summed E-state index contributed by atoms with van der Waals surface area (Å²) in [6.07, 6.45) is 5.14. The Kier molecular flexibility index (Phi) is 2.59. The van der Waals surface area contributed by atoms with Crippen LogP contribution in [0.15, 0.2) is 28.4 Å². The van der Waals surface area contributed by atoms with Crippen molar-refractivity contribution >= 4 is 12.0 Å².